The maximum atomic E-state index is 8.98. The average Bonchev–Trinajstić information content (AvgIpc) is 3.00. The summed E-state index contributed by atoms with van der Waals surface area (Å²) in [5.74, 6) is 0. The topological polar surface area (TPSA) is 32.3 Å². The van der Waals surface area contributed by atoms with E-state index in [4.69, 9.17) is 16.7 Å². The molecular formula is C11H14ClNO. The molecule has 0 atom stereocenters. The van der Waals surface area contributed by atoms with Crippen molar-refractivity contribution in [2.75, 3.05) is 0 Å². The summed E-state index contributed by atoms with van der Waals surface area (Å²) in [6.45, 7) is 0.880. The molecule has 1 aromatic rings. The van der Waals surface area contributed by atoms with Crippen molar-refractivity contribution in [2.45, 2.75) is 32.0 Å². The monoisotopic (exact) mass is 211 g/mol. The number of hydrogen-bond acceptors (Lipinski definition) is 2. The van der Waals surface area contributed by atoms with Crippen LogP contribution in [-0.2, 0) is 13.2 Å². The molecule has 0 heterocycles. The molecule has 0 unspecified atom stereocenters. The highest BCUT2D eigenvalue weighted by molar-refractivity contribution is 6.31. The Morgan fingerprint density at radius 1 is 1.43 bits per heavy atom. The molecule has 0 spiro atoms. The molecule has 2 rings (SSSR count). The first-order valence-corrected chi connectivity index (χ1v) is 5.29. The Morgan fingerprint density at radius 2 is 2.21 bits per heavy atom. The number of hydrogen-bond donors (Lipinski definition) is 2. The Hall–Kier alpha value is -0.570. The van der Waals surface area contributed by atoms with Crippen LogP contribution in [0.5, 0.6) is 0 Å². The first-order chi connectivity index (χ1) is 6.79. The van der Waals surface area contributed by atoms with E-state index in [2.05, 4.69) is 5.32 Å². The summed E-state index contributed by atoms with van der Waals surface area (Å²) in [6, 6.07) is 6.33. The van der Waals surface area contributed by atoms with E-state index in [-0.39, 0.29) is 6.61 Å². The van der Waals surface area contributed by atoms with Crippen LogP contribution in [0.1, 0.15) is 24.0 Å². The molecule has 2 N–H and O–H groups in total. The smallest absolute Gasteiger partial charge is 0.0681 e. The molecule has 14 heavy (non-hydrogen) atoms. The first-order valence-electron chi connectivity index (χ1n) is 4.91. The predicted octanol–water partition coefficient (Wildman–Crippen LogP) is 2.08. The van der Waals surface area contributed by atoms with Crippen LogP contribution in [0.4, 0.5) is 0 Å². The zero-order valence-corrected chi connectivity index (χ0v) is 8.72. The number of nitrogens with one attached hydrogen (secondary N) is 1. The lowest BCUT2D eigenvalue weighted by Crippen LogP contribution is -2.15. The third-order valence-corrected chi connectivity index (χ3v) is 2.82. The van der Waals surface area contributed by atoms with Gasteiger partial charge in [-0.2, -0.15) is 0 Å². The van der Waals surface area contributed by atoms with E-state index < -0.39 is 0 Å². The van der Waals surface area contributed by atoms with E-state index in [1.165, 1.54) is 12.8 Å². The normalized spacial score (nSPS) is 15.9. The van der Waals surface area contributed by atoms with Crippen molar-refractivity contribution in [1.82, 2.24) is 5.32 Å². The Morgan fingerprint density at radius 3 is 2.86 bits per heavy atom. The highest BCUT2D eigenvalue weighted by atomic mass is 35.5. The molecule has 0 radical (unpaired) electrons. The lowest BCUT2D eigenvalue weighted by molar-refractivity contribution is 0.281. The van der Waals surface area contributed by atoms with Crippen molar-refractivity contribution < 1.29 is 5.11 Å². The summed E-state index contributed by atoms with van der Waals surface area (Å²) in [5.41, 5.74) is 1.99. The molecule has 1 saturated carbocycles. The van der Waals surface area contributed by atoms with Crippen molar-refractivity contribution in [1.29, 1.82) is 0 Å². The zero-order valence-electron chi connectivity index (χ0n) is 7.96. The summed E-state index contributed by atoms with van der Waals surface area (Å²) in [5, 5.41) is 13.2. The molecule has 0 bridgehead atoms. The minimum atomic E-state index is 0.0770. The van der Waals surface area contributed by atoms with Gasteiger partial charge in [-0.3, -0.25) is 0 Å². The minimum absolute atomic E-state index is 0.0770. The summed E-state index contributed by atoms with van der Waals surface area (Å²) >= 11 is 6.04. The van der Waals surface area contributed by atoms with E-state index in [0.29, 0.717) is 6.04 Å². The van der Waals surface area contributed by atoms with Gasteiger partial charge in [0.15, 0.2) is 0 Å². The molecule has 2 nitrogen and oxygen atoms in total. The zero-order chi connectivity index (χ0) is 9.97. The SMILES string of the molecule is OCc1ccc(Cl)c(CNC2CC2)c1. The maximum absolute atomic E-state index is 8.98. The molecule has 1 fully saturated rings. The summed E-state index contributed by atoms with van der Waals surface area (Å²) in [7, 11) is 0. The molecular weight excluding hydrogens is 198 g/mol. The average molecular weight is 212 g/mol. The number of rotatable bonds is 4. The quantitative estimate of drug-likeness (QED) is 0.800. The van der Waals surface area contributed by atoms with Crippen LogP contribution in [0.3, 0.4) is 0 Å². The Labute approximate surface area is 88.9 Å². The van der Waals surface area contributed by atoms with E-state index in [9.17, 15) is 0 Å². The van der Waals surface area contributed by atoms with Crippen LogP contribution in [0, 0.1) is 0 Å². The molecule has 0 aromatic heterocycles. The van der Waals surface area contributed by atoms with Gasteiger partial charge in [0.05, 0.1) is 6.61 Å². The Kier molecular flexibility index (Phi) is 3.06. The molecule has 1 aliphatic rings. The molecule has 1 aromatic carbocycles. The second-order valence-corrected chi connectivity index (χ2v) is 4.15. The molecule has 0 aliphatic heterocycles. The van der Waals surface area contributed by atoms with Crippen LogP contribution >= 0.6 is 11.6 Å². The summed E-state index contributed by atoms with van der Waals surface area (Å²) in [4.78, 5) is 0. The van der Waals surface area contributed by atoms with E-state index in [1.54, 1.807) is 0 Å². The van der Waals surface area contributed by atoms with Crippen molar-refractivity contribution in [3.05, 3.63) is 34.3 Å². The van der Waals surface area contributed by atoms with Gasteiger partial charge in [-0.25, -0.2) is 0 Å². The van der Waals surface area contributed by atoms with Crippen LogP contribution in [0.15, 0.2) is 18.2 Å². The fourth-order valence-electron chi connectivity index (χ4n) is 1.40. The molecule has 76 valence electrons. The molecule has 1 aliphatic carbocycles. The van der Waals surface area contributed by atoms with Gasteiger partial charge in [0.25, 0.3) is 0 Å². The standard InChI is InChI=1S/C11H14ClNO/c12-11-4-1-8(7-14)5-9(11)6-13-10-2-3-10/h1,4-5,10,13-14H,2-3,6-7H2. The highest BCUT2D eigenvalue weighted by Gasteiger charge is 2.20. The number of benzene rings is 1. The van der Waals surface area contributed by atoms with Gasteiger partial charge in [-0.1, -0.05) is 23.7 Å². The van der Waals surface area contributed by atoms with Crippen molar-refractivity contribution >= 4 is 11.6 Å². The molecule has 0 saturated heterocycles. The van der Waals surface area contributed by atoms with Gasteiger partial charge in [-0.15, -0.1) is 0 Å². The second-order valence-electron chi connectivity index (χ2n) is 3.74. The minimum Gasteiger partial charge on any atom is -0.392 e. The lowest BCUT2D eigenvalue weighted by Gasteiger charge is -2.07. The van der Waals surface area contributed by atoms with Crippen molar-refractivity contribution in [2.24, 2.45) is 0 Å². The van der Waals surface area contributed by atoms with Gasteiger partial charge in [0, 0.05) is 17.6 Å². The predicted molar refractivity (Wildman–Crippen MR) is 57.2 cm³/mol. The Balaban J connectivity index is 2.04. The Bertz CT molecular complexity index is 323. The molecule has 3 heteroatoms. The highest BCUT2D eigenvalue weighted by Crippen LogP contribution is 2.22. The first kappa shape index (κ1) is 9.97. The van der Waals surface area contributed by atoms with Gasteiger partial charge in [-0.05, 0) is 30.0 Å². The largest absolute Gasteiger partial charge is 0.392 e. The van der Waals surface area contributed by atoms with Crippen LogP contribution < -0.4 is 5.32 Å². The number of aliphatic hydroxyl groups is 1. The maximum Gasteiger partial charge on any atom is 0.0681 e. The van der Waals surface area contributed by atoms with Crippen LogP contribution in [-0.4, -0.2) is 11.1 Å². The third kappa shape index (κ3) is 2.47. The van der Waals surface area contributed by atoms with Crippen molar-refractivity contribution in [3.8, 4) is 0 Å². The number of halogens is 1. The van der Waals surface area contributed by atoms with E-state index in [0.717, 1.165) is 22.7 Å². The van der Waals surface area contributed by atoms with Crippen LogP contribution in [0.25, 0.3) is 0 Å². The fourth-order valence-corrected chi connectivity index (χ4v) is 1.59. The summed E-state index contributed by atoms with van der Waals surface area (Å²) in [6.07, 6.45) is 2.55. The van der Waals surface area contributed by atoms with Gasteiger partial charge >= 0.3 is 0 Å². The van der Waals surface area contributed by atoms with Gasteiger partial charge < -0.3 is 10.4 Å². The number of aliphatic hydroxyl groups excluding tert-OH is 1. The molecule has 0 amide bonds. The second kappa shape index (κ2) is 4.30. The van der Waals surface area contributed by atoms with Gasteiger partial charge in [0.2, 0.25) is 0 Å². The van der Waals surface area contributed by atoms with Gasteiger partial charge in [0.1, 0.15) is 0 Å². The van der Waals surface area contributed by atoms with Crippen molar-refractivity contribution in [3.63, 3.8) is 0 Å². The third-order valence-electron chi connectivity index (χ3n) is 2.45. The van der Waals surface area contributed by atoms with Crippen LogP contribution in [0.2, 0.25) is 5.02 Å². The lowest BCUT2D eigenvalue weighted by atomic mass is 10.1. The van der Waals surface area contributed by atoms with E-state index in [1.807, 2.05) is 18.2 Å². The fraction of sp³-hybridized carbons (Fsp3) is 0.455. The summed E-state index contributed by atoms with van der Waals surface area (Å²) < 4.78 is 0. The van der Waals surface area contributed by atoms with E-state index >= 15 is 0 Å².